The molecule has 132 valence electrons. The van der Waals surface area contributed by atoms with E-state index >= 15 is 0 Å². The van der Waals surface area contributed by atoms with E-state index in [9.17, 15) is 4.80 Å². The zero-order chi connectivity index (χ0) is 16.9. The molecule has 0 bridgehead atoms. The molecule has 0 heterocycles. The Morgan fingerprint density at radius 2 is 0.714 bits per heavy atom. The van der Waals surface area contributed by atoms with Crippen molar-refractivity contribution in [3.63, 3.8) is 0 Å². The third kappa shape index (κ3) is 44.9. The number of hydrogen-bond donors (Lipinski definition) is 4. The maximum absolute atomic E-state index is 9.58. The monoisotopic (exact) mass is 402 g/mol. The van der Waals surface area contributed by atoms with Crippen molar-refractivity contribution in [3.05, 3.63) is 0 Å². The molecule has 0 aliphatic rings. The first kappa shape index (κ1) is 33.5. The van der Waals surface area contributed by atoms with Gasteiger partial charge in [0.25, 0.3) is 0 Å². The Bertz CT molecular complexity index is 113. The molecule has 0 rings (SSSR count). The minimum Gasteiger partial charge on any atom is -0.432 e. The molecular formula is C15H40O4SiZr. The zero-order valence-corrected chi connectivity index (χ0v) is 18.6. The van der Waals surface area contributed by atoms with Gasteiger partial charge in [-0.05, 0) is 37.4 Å². The molecule has 4 nitrogen and oxygen atoms in total. The second-order valence-electron chi connectivity index (χ2n) is 4.46. The van der Waals surface area contributed by atoms with E-state index < -0.39 is 8.32 Å². The van der Waals surface area contributed by atoms with Crippen molar-refractivity contribution < 1.29 is 46.3 Å². The molecule has 0 aromatic rings. The second-order valence-corrected chi connectivity index (χ2v) is 9.03. The Labute approximate surface area is 153 Å². The van der Waals surface area contributed by atoms with Crippen molar-refractivity contribution in [3.8, 4) is 0 Å². The zero-order valence-electron chi connectivity index (χ0n) is 15.2. The van der Waals surface area contributed by atoms with Crippen LogP contribution >= 0.6 is 0 Å². The second kappa shape index (κ2) is 32.8. The molecule has 0 aromatic heterocycles. The smallest absolute Gasteiger partial charge is 0.187 e. The Morgan fingerprint density at radius 3 is 0.714 bits per heavy atom. The van der Waals surface area contributed by atoms with Gasteiger partial charge in [-0.3, -0.25) is 0 Å². The molecule has 21 heavy (non-hydrogen) atoms. The van der Waals surface area contributed by atoms with E-state index in [0.717, 1.165) is 37.4 Å². The minimum atomic E-state index is -1.67. The summed E-state index contributed by atoms with van der Waals surface area (Å²) in [6, 6.07) is 3.04. The SMILES string of the molecule is CCCO.CCCO.CCCO.CC[Si](O)(CC)CC.[Zr]. The van der Waals surface area contributed by atoms with Crippen LogP contribution in [0.1, 0.15) is 60.8 Å². The summed E-state index contributed by atoms with van der Waals surface area (Å²) in [5.41, 5.74) is 0. The van der Waals surface area contributed by atoms with E-state index in [1.54, 1.807) is 0 Å². The average Bonchev–Trinajstić information content (AvgIpc) is 2.54. The van der Waals surface area contributed by atoms with Crippen LogP contribution in [0, 0.1) is 0 Å². The molecule has 4 N–H and O–H groups in total. The normalized spacial score (nSPS) is 8.86. The summed E-state index contributed by atoms with van der Waals surface area (Å²) in [6.07, 6.45) is 2.62. The van der Waals surface area contributed by atoms with Crippen molar-refractivity contribution in [2.45, 2.75) is 78.9 Å². The molecule has 0 amide bonds. The molecule has 0 aliphatic carbocycles. The van der Waals surface area contributed by atoms with E-state index in [0.29, 0.717) is 19.8 Å². The van der Waals surface area contributed by atoms with Gasteiger partial charge in [0, 0.05) is 46.0 Å². The maximum atomic E-state index is 9.58. The van der Waals surface area contributed by atoms with Crippen molar-refractivity contribution in [2.24, 2.45) is 0 Å². The largest absolute Gasteiger partial charge is 0.432 e. The predicted octanol–water partition coefficient (Wildman–Crippen LogP) is 3.15. The molecule has 0 unspecified atom stereocenters. The summed E-state index contributed by atoms with van der Waals surface area (Å²) in [5, 5.41) is 23.6. The predicted molar refractivity (Wildman–Crippen MR) is 91.5 cm³/mol. The van der Waals surface area contributed by atoms with Crippen molar-refractivity contribution >= 4 is 8.32 Å². The molecule has 0 fully saturated rings. The quantitative estimate of drug-likeness (QED) is 0.514. The molecule has 0 atom stereocenters. The van der Waals surface area contributed by atoms with Gasteiger partial charge < -0.3 is 20.1 Å². The van der Waals surface area contributed by atoms with Crippen LogP contribution in [-0.2, 0) is 26.2 Å². The van der Waals surface area contributed by atoms with Crippen LogP contribution in [-0.4, -0.2) is 48.3 Å². The number of hydrogen-bond acceptors (Lipinski definition) is 4. The third-order valence-electron chi connectivity index (χ3n) is 2.65. The first-order valence-corrected chi connectivity index (χ1v) is 10.5. The molecule has 0 saturated heterocycles. The van der Waals surface area contributed by atoms with Crippen molar-refractivity contribution in [1.82, 2.24) is 0 Å². The van der Waals surface area contributed by atoms with Crippen LogP contribution < -0.4 is 0 Å². The number of rotatable bonds is 6. The van der Waals surface area contributed by atoms with Crippen LogP contribution in [0.5, 0.6) is 0 Å². The topological polar surface area (TPSA) is 80.9 Å². The van der Waals surface area contributed by atoms with Crippen molar-refractivity contribution in [1.29, 1.82) is 0 Å². The molecular weight excluding hydrogens is 363 g/mol. The third-order valence-corrected chi connectivity index (χ3v) is 6.59. The molecule has 0 spiro atoms. The summed E-state index contributed by atoms with van der Waals surface area (Å²) in [4.78, 5) is 9.58. The molecule has 0 aliphatic heterocycles. The average molecular weight is 404 g/mol. The Hall–Kier alpha value is 0.940. The number of aliphatic hydroxyl groups excluding tert-OH is 3. The van der Waals surface area contributed by atoms with Gasteiger partial charge in [0.05, 0.1) is 0 Å². The van der Waals surface area contributed by atoms with Gasteiger partial charge in [-0.2, -0.15) is 0 Å². The van der Waals surface area contributed by atoms with Gasteiger partial charge in [0.1, 0.15) is 0 Å². The fourth-order valence-electron chi connectivity index (χ4n) is 0.750. The summed E-state index contributed by atoms with van der Waals surface area (Å²) < 4.78 is 0. The maximum Gasteiger partial charge on any atom is 0.187 e. The van der Waals surface area contributed by atoms with Gasteiger partial charge in [-0.15, -0.1) is 0 Å². The molecule has 0 aromatic carbocycles. The van der Waals surface area contributed by atoms with Gasteiger partial charge in [0.15, 0.2) is 8.32 Å². The fourth-order valence-corrected chi connectivity index (χ4v) is 2.25. The summed E-state index contributed by atoms with van der Waals surface area (Å²) in [6.45, 7) is 13.0. The van der Waals surface area contributed by atoms with Gasteiger partial charge in [-0.1, -0.05) is 41.5 Å². The first-order valence-electron chi connectivity index (χ1n) is 7.98. The Kier molecular flexibility index (Phi) is 52.3. The molecule has 0 radical (unpaired) electrons. The van der Waals surface area contributed by atoms with Crippen LogP contribution in [0.4, 0.5) is 0 Å². The van der Waals surface area contributed by atoms with Crippen LogP contribution in [0.25, 0.3) is 0 Å². The standard InChI is InChI=1S/C6H16OSi.3C3H8O.Zr/c1-4-8(7,5-2)6-3;3*1-2-3-4;/h7H,4-6H2,1-3H3;3*4H,2-3H2,1H3;. The Morgan fingerprint density at radius 1 is 0.571 bits per heavy atom. The minimum absolute atomic E-state index is 0. The fraction of sp³-hybridized carbons (Fsp3) is 1.00. The summed E-state index contributed by atoms with van der Waals surface area (Å²) in [7, 11) is -1.67. The van der Waals surface area contributed by atoms with E-state index in [2.05, 4.69) is 20.8 Å². The van der Waals surface area contributed by atoms with Gasteiger partial charge in [0.2, 0.25) is 0 Å². The van der Waals surface area contributed by atoms with Crippen LogP contribution in [0.15, 0.2) is 0 Å². The van der Waals surface area contributed by atoms with Crippen LogP contribution in [0.3, 0.4) is 0 Å². The van der Waals surface area contributed by atoms with Crippen molar-refractivity contribution in [2.75, 3.05) is 19.8 Å². The van der Waals surface area contributed by atoms with Gasteiger partial charge >= 0.3 is 0 Å². The summed E-state index contributed by atoms with van der Waals surface area (Å²) in [5.74, 6) is 0. The van der Waals surface area contributed by atoms with E-state index in [1.165, 1.54) is 0 Å². The summed E-state index contributed by atoms with van der Waals surface area (Å²) >= 11 is 0. The van der Waals surface area contributed by atoms with E-state index in [1.807, 2.05) is 20.8 Å². The van der Waals surface area contributed by atoms with E-state index in [-0.39, 0.29) is 26.2 Å². The first-order chi connectivity index (χ1) is 9.42. The number of aliphatic hydroxyl groups is 3. The Balaban J connectivity index is -0.0000000570. The van der Waals surface area contributed by atoms with E-state index in [4.69, 9.17) is 15.3 Å². The van der Waals surface area contributed by atoms with Crippen LogP contribution in [0.2, 0.25) is 18.1 Å². The molecule has 6 heteroatoms. The van der Waals surface area contributed by atoms with Gasteiger partial charge in [-0.25, -0.2) is 0 Å². The molecule has 0 saturated carbocycles.